The highest BCUT2D eigenvalue weighted by Gasteiger charge is 2.29. The van der Waals surface area contributed by atoms with E-state index in [1.165, 1.54) is 0 Å². The number of rotatable bonds is 6. The third-order valence-corrected chi connectivity index (χ3v) is 2.21. The second kappa shape index (κ2) is 5.56. The molecule has 0 aliphatic rings. The molecule has 0 aliphatic heterocycles. The summed E-state index contributed by atoms with van der Waals surface area (Å²) >= 11 is 0. The molecule has 0 aromatic heterocycles. The van der Waals surface area contributed by atoms with Gasteiger partial charge in [0, 0.05) is 0 Å². The van der Waals surface area contributed by atoms with Crippen molar-refractivity contribution in [3.8, 4) is 0 Å². The molecule has 0 heterocycles. The number of hydrogen-bond donors (Lipinski definition) is 2. The number of hydrogen-bond acceptors (Lipinski definition) is 2. The van der Waals surface area contributed by atoms with Gasteiger partial charge < -0.3 is 10.8 Å². The van der Waals surface area contributed by atoms with Crippen LogP contribution in [0.2, 0.25) is 0 Å². The number of amides is 1. The van der Waals surface area contributed by atoms with Gasteiger partial charge >= 0.3 is 5.97 Å². The van der Waals surface area contributed by atoms with Crippen LogP contribution in [0.5, 0.6) is 0 Å². The summed E-state index contributed by atoms with van der Waals surface area (Å²) in [5.74, 6) is -2.58. The van der Waals surface area contributed by atoms with Crippen LogP contribution in [0.4, 0.5) is 0 Å². The first kappa shape index (κ1) is 11.9. The smallest absolute Gasteiger partial charge is 0.307 e. The van der Waals surface area contributed by atoms with Gasteiger partial charge in [-0.25, -0.2) is 0 Å². The fraction of sp³-hybridized carbons (Fsp3) is 0.778. The molecule has 0 spiro atoms. The summed E-state index contributed by atoms with van der Waals surface area (Å²) in [6, 6.07) is 0. The topological polar surface area (TPSA) is 80.4 Å². The summed E-state index contributed by atoms with van der Waals surface area (Å²) in [7, 11) is 0. The largest absolute Gasteiger partial charge is 0.481 e. The minimum atomic E-state index is -0.924. The number of carbonyl (C=O) groups excluding carboxylic acids is 1. The zero-order valence-electron chi connectivity index (χ0n) is 8.12. The Morgan fingerprint density at radius 2 is 1.85 bits per heavy atom. The summed E-state index contributed by atoms with van der Waals surface area (Å²) in [6.07, 6.45) is 1.75. The lowest BCUT2D eigenvalue weighted by molar-refractivity contribution is -0.147. The standard InChI is InChI=1S/C9H17NO3/c1-3-5-7(9(12)13)6(4-2)8(10)11/h6-7H,3-5H2,1-2H3,(H2,10,11)(H,12,13). The van der Waals surface area contributed by atoms with Crippen molar-refractivity contribution in [3.05, 3.63) is 0 Å². The van der Waals surface area contributed by atoms with E-state index in [2.05, 4.69) is 0 Å². The number of aliphatic carboxylic acids is 1. The van der Waals surface area contributed by atoms with Crippen LogP contribution in [0, 0.1) is 11.8 Å². The molecule has 0 fully saturated rings. The molecule has 0 saturated carbocycles. The first-order valence-electron chi connectivity index (χ1n) is 4.56. The van der Waals surface area contributed by atoms with Gasteiger partial charge in [-0.1, -0.05) is 20.3 Å². The molecule has 4 heteroatoms. The van der Waals surface area contributed by atoms with E-state index in [4.69, 9.17) is 10.8 Å². The Balaban J connectivity index is 4.48. The molecule has 4 nitrogen and oxygen atoms in total. The molecular weight excluding hydrogens is 170 g/mol. The molecule has 0 aliphatic carbocycles. The Labute approximate surface area is 78.1 Å². The molecule has 3 N–H and O–H groups in total. The normalized spacial score (nSPS) is 14.9. The summed E-state index contributed by atoms with van der Waals surface area (Å²) in [5.41, 5.74) is 5.11. The molecule has 0 radical (unpaired) electrons. The van der Waals surface area contributed by atoms with Gasteiger partial charge in [-0.2, -0.15) is 0 Å². The molecule has 0 bridgehead atoms. The molecule has 76 valence electrons. The van der Waals surface area contributed by atoms with Gasteiger partial charge in [-0.3, -0.25) is 9.59 Å². The third-order valence-electron chi connectivity index (χ3n) is 2.21. The van der Waals surface area contributed by atoms with Crippen molar-refractivity contribution >= 4 is 11.9 Å². The van der Waals surface area contributed by atoms with E-state index in [0.29, 0.717) is 12.8 Å². The Morgan fingerprint density at radius 3 is 2.08 bits per heavy atom. The summed E-state index contributed by atoms with van der Waals surface area (Å²) < 4.78 is 0. The summed E-state index contributed by atoms with van der Waals surface area (Å²) in [4.78, 5) is 21.7. The minimum Gasteiger partial charge on any atom is -0.481 e. The van der Waals surface area contributed by atoms with Crippen molar-refractivity contribution in [2.75, 3.05) is 0 Å². The maximum atomic E-state index is 10.9. The maximum Gasteiger partial charge on any atom is 0.307 e. The van der Waals surface area contributed by atoms with Crippen LogP contribution in [0.1, 0.15) is 33.1 Å². The van der Waals surface area contributed by atoms with Gasteiger partial charge in [0.05, 0.1) is 11.8 Å². The summed E-state index contributed by atoms with van der Waals surface area (Å²) in [5, 5.41) is 8.85. The van der Waals surface area contributed by atoms with Crippen molar-refractivity contribution in [1.29, 1.82) is 0 Å². The molecular formula is C9H17NO3. The Kier molecular flexibility index (Phi) is 5.11. The van der Waals surface area contributed by atoms with Crippen LogP contribution in [0.15, 0.2) is 0 Å². The Morgan fingerprint density at radius 1 is 1.31 bits per heavy atom. The lowest BCUT2D eigenvalue weighted by atomic mass is 9.86. The highest BCUT2D eigenvalue weighted by molar-refractivity contribution is 5.83. The highest BCUT2D eigenvalue weighted by atomic mass is 16.4. The van der Waals surface area contributed by atoms with Crippen molar-refractivity contribution in [2.45, 2.75) is 33.1 Å². The van der Waals surface area contributed by atoms with Gasteiger partial charge in [-0.15, -0.1) is 0 Å². The molecule has 0 aromatic carbocycles. The monoisotopic (exact) mass is 187 g/mol. The zero-order chi connectivity index (χ0) is 10.4. The quantitative estimate of drug-likeness (QED) is 0.650. The van der Waals surface area contributed by atoms with E-state index in [9.17, 15) is 9.59 Å². The van der Waals surface area contributed by atoms with Gasteiger partial charge in [-0.05, 0) is 12.8 Å². The number of carbonyl (C=O) groups is 2. The van der Waals surface area contributed by atoms with Crippen LogP contribution in [-0.2, 0) is 9.59 Å². The predicted molar refractivity (Wildman–Crippen MR) is 49.0 cm³/mol. The molecule has 1 amide bonds. The first-order valence-corrected chi connectivity index (χ1v) is 4.56. The predicted octanol–water partition coefficient (Wildman–Crippen LogP) is 0.999. The molecule has 2 unspecified atom stereocenters. The second-order valence-corrected chi connectivity index (χ2v) is 3.15. The molecule has 2 atom stereocenters. The molecule has 0 rings (SSSR count). The van der Waals surface area contributed by atoms with Gasteiger partial charge in [0.15, 0.2) is 0 Å². The minimum absolute atomic E-state index is 0.492. The first-order chi connectivity index (χ1) is 6.04. The van der Waals surface area contributed by atoms with Crippen LogP contribution >= 0.6 is 0 Å². The fourth-order valence-electron chi connectivity index (χ4n) is 1.49. The van der Waals surface area contributed by atoms with E-state index in [1.807, 2.05) is 6.92 Å². The SMILES string of the molecule is CCCC(C(=O)O)C(CC)C(N)=O. The average molecular weight is 187 g/mol. The van der Waals surface area contributed by atoms with Crippen LogP contribution in [0.25, 0.3) is 0 Å². The fourth-order valence-corrected chi connectivity index (χ4v) is 1.49. The van der Waals surface area contributed by atoms with Crippen LogP contribution in [-0.4, -0.2) is 17.0 Å². The second-order valence-electron chi connectivity index (χ2n) is 3.15. The molecule has 13 heavy (non-hydrogen) atoms. The van der Waals surface area contributed by atoms with Crippen LogP contribution in [0.3, 0.4) is 0 Å². The summed E-state index contributed by atoms with van der Waals surface area (Å²) in [6.45, 7) is 3.67. The van der Waals surface area contributed by atoms with Crippen molar-refractivity contribution in [2.24, 2.45) is 17.6 Å². The van der Waals surface area contributed by atoms with E-state index in [1.54, 1.807) is 6.92 Å². The molecule has 0 aromatic rings. The lowest BCUT2D eigenvalue weighted by Gasteiger charge is -2.18. The van der Waals surface area contributed by atoms with Gasteiger partial charge in [0.25, 0.3) is 0 Å². The Bertz CT molecular complexity index is 191. The lowest BCUT2D eigenvalue weighted by Crippen LogP contribution is -2.33. The molecule has 0 saturated heterocycles. The van der Waals surface area contributed by atoms with Crippen molar-refractivity contribution in [3.63, 3.8) is 0 Å². The van der Waals surface area contributed by atoms with E-state index >= 15 is 0 Å². The number of carboxylic acids is 1. The number of carboxylic acid groups (broad SMARTS) is 1. The number of nitrogens with two attached hydrogens (primary N) is 1. The van der Waals surface area contributed by atoms with E-state index in [0.717, 1.165) is 6.42 Å². The van der Waals surface area contributed by atoms with Crippen LogP contribution < -0.4 is 5.73 Å². The van der Waals surface area contributed by atoms with E-state index < -0.39 is 23.7 Å². The van der Waals surface area contributed by atoms with Crippen molar-refractivity contribution in [1.82, 2.24) is 0 Å². The zero-order valence-corrected chi connectivity index (χ0v) is 8.12. The van der Waals surface area contributed by atoms with E-state index in [-0.39, 0.29) is 0 Å². The Hall–Kier alpha value is -1.06. The maximum absolute atomic E-state index is 10.9. The van der Waals surface area contributed by atoms with Gasteiger partial charge in [0.1, 0.15) is 0 Å². The van der Waals surface area contributed by atoms with Crippen molar-refractivity contribution < 1.29 is 14.7 Å². The third kappa shape index (κ3) is 3.44. The number of primary amides is 1. The highest BCUT2D eigenvalue weighted by Crippen LogP contribution is 2.20. The van der Waals surface area contributed by atoms with Gasteiger partial charge in [0.2, 0.25) is 5.91 Å². The average Bonchev–Trinajstić information content (AvgIpc) is 2.03.